The monoisotopic (exact) mass is 418 g/mol. The van der Waals surface area contributed by atoms with E-state index in [1.807, 2.05) is 18.2 Å². The first-order valence-electron chi connectivity index (χ1n) is 9.73. The zero-order valence-corrected chi connectivity index (χ0v) is 16.6. The summed E-state index contributed by atoms with van der Waals surface area (Å²) >= 11 is 5.93. The molecule has 2 aromatic rings. The molecule has 0 radical (unpaired) electrons. The molecule has 2 amide bonds. The molecule has 1 unspecified atom stereocenters. The Morgan fingerprint density at radius 1 is 1.31 bits per heavy atom. The maximum atomic E-state index is 12.1. The highest BCUT2D eigenvalue weighted by Crippen LogP contribution is 2.38. The molecule has 29 heavy (non-hydrogen) atoms. The summed E-state index contributed by atoms with van der Waals surface area (Å²) in [4.78, 5) is 24.0. The third-order valence-corrected chi connectivity index (χ3v) is 5.44. The molecule has 9 heteroatoms. The number of carbonyl (C=O) groups is 2. The zero-order chi connectivity index (χ0) is 20.2. The molecule has 1 aliphatic heterocycles. The van der Waals surface area contributed by atoms with E-state index in [1.54, 1.807) is 12.1 Å². The highest BCUT2D eigenvalue weighted by molar-refractivity contribution is 6.30. The van der Waals surface area contributed by atoms with E-state index in [0.717, 1.165) is 24.1 Å². The van der Waals surface area contributed by atoms with Gasteiger partial charge in [0.2, 0.25) is 0 Å². The molecule has 2 heterocycles. The summed E-state index contributed by atoms with van der Waals surface area (Å²) in [6.07, 6.45) is 2.11. The summed E-state index contributed by atoms with van der Waals surface area (Å²) < 4.78 is 10.8. The van der Waals surface area contributed by atoms with Crippen molar-refractivity contribution in [3.8, 4) is 0 Å². The van der Waals surface area contributed by atoms with Crippen molar-refractivity contribution in [3.63, 3.8) is 0 Å². The van der Waals surface area contributed by atoms with Crippen molar-refractivity contribution in [2.45, 2.75) is 50.4 Å². The molecular formula is C20H23ClN4O4. The second kappa shape index (κ2) is 8.84. The van der Waals surface area contributed by atoms with E-state index < -0.39 is 6.09 Å². The van der Waals surface area contributed by atoms with Crippen LogP contribution in [-0.2, 0) is 20.8 Å². The molecule has 1 atom stereocenters. The number of nitrogens with zero attached hydrogens (tertiary/aromatic N) is 1. The molecule has 2 aliphatic rings. The van der Waals surface area contributed by atoms with Crippen LogP contribution in [0, 0.1) is 0 Å². The first-order chi connectivity index (χ1) is 14.1. The maximum Gasteiger partial charge on any atom is 0.407 e. The van der Waals surface area contributed by atoms with Crippen LogP contribution in [0.2, 0.25) is 5.02 Å². The average Bonchev–Trinajstić information content (AvgIpc) is 3.35. The topological polar surface area (TPSA) is 105 Å². The summed E-state index contributed by atoms with van der Waals surface area (Å²) in [6, 6.07) is 9.14. The van der Waals surface area contributed by atoms with Crippen LogP contribution in [0.25, 0.3) is 0 Å². The van der Waals surface area contributed by atoms with Gasteiger partial charge in [-0.1, -0.05) is 23.7 Å². The molecule has 1 aliphatic carbocycles. The highest BCUT2D eigenvalue weighted by atomic mass is 35.5. The number of amides is 2. The summed E-state index contributed by atoms with van der Waals surface area (Å²) in [5.41, 5.74) is 1.84. The number of aromatic nitrogens is 2. The number of carbonyl (C=O) groups excluding carboxylic acids is 2. The lowest BCUT2D eigenvalue weighted by Crippen LogP contribution is -2.36. The quantitative estimate of drug-likeness (QED) is 0.667. The Balaban J connectivity index is 1.18. The van der Waals surface area contributed by atoms with E-state index in [9.17, 15) is 9.59 Å². The van der Waals surface area contributed by atoms with E-state index in [-0.39, 0.29) is 24.0 Å². The minimum absolute atomic E-state index is 0.132. The lowest BCUT2D eigenvalue weighted by atomic mass is 9.80. The Morgan fingerprint density at radius 3 is 2.93 bits per heavy atom. The Labute approximate surface area is 173 Å². The summed E-state index contributed by atoms with van der Waals surface area (Å²) in [6.45, 7) is 0.990. The van der Waals surface area contributed by atoms with Crippen LogP contribution in [0.4, 0.5) is 10.6 Å². The van der Waals surface area contributed by atoms with Gasteiger partial charge in [-0.3, -0.25) is 9.89 Å². The molecule has 0 bridgehead atoms. The number of rotatable bonds is 6. The number of H-pyrrole nitrogens is 1. The molecule has 154 valence electrons. The predicted molar refractivity (Wildman–Crippen MR) is 107 cm³/mol. The zero-order valence-electron chi connectivity index (χ0n) is 15.8. The van der Waals surface area contributed by atoms with Crippen molar-refractivity contribution in [3.05, 3.63) is 46.6 Å². The number of halogens is 1. The van der Waals surface area contributed by atoms with Crippen molar-refractivity contribution in [1.29, 1.82) is 0 Å². The Morgan fingerprint density at radius 2 is 2.17 bits per heavy atom. The largest absolute Gasteiger partial charge is 0.446 e. The Bertz CT molecular complexity index is 875. The Hall–Kier alpha value is -2.58. The molecular weight excluding hydrogens is 396 g/mol. The van der Waals surface area contributed by atoms with Gasteiger partial charge in [0.15, 0.2) is 5.82 Å². The second-order valence-electron chi connectivity index (χ2n) is 7.38. The van der Waals surface area contributed by atoms with Gasteiger partial charge in [-0.15, -0.1) is 0 Å². The van der Waals surface area contributed by atoms with E-state index in [1.165, 1.54) is 0 Å². The summed E-state index contributed by atoms with van der Waals surface area (Å²) in [5, 5.41) is 13.2. The van der Waals surface area contributed by atoms with E-state index in [0.29, 0.717) is 36.8 Å². The SMILES string of the molecule is O=C(NCc1cccc(Cl)c1)OC1CC(c2cc(NC(=O)C3CCCO3)n[nH]2)C1. The maximum absolute atomic E-state index is 12.1. The van der Waals surface area contributed by atoms with Crippen LogP contribution >= 0.6 is 11.6 Å². The van der Waals surface area contributed by atoms with Gasteiger partial charge in [0.25, 0.3) is 5.91 Å². The van der Waals surface area contributed by atoms with Crippen LogP contribution in [-0.4, -0.2) is 41.0 Å². The fraction of sp³-hybridized carbons (Fsp3) is 0.450. The van der Waals surface area contributed by atoms with E-state index in [4.69, 9.17) is 21.1 Å². The lowest BCUT2D eigenvalue weighted by Gasteiger charge is -2.33. The van der Waals surface area contributed by atoms with Crippen molar-refractivity contribution in [2.24, 2.45) is 0 Å². The number of anilines is 1. The normalized spacial score (nSPS) is 23.3. The minimum atomic E-state index is -0.442. The third-order valence-electron chi connectivity index (χ3n) is 5.21. The molecule has 1 aromatic heterocycles. The van der Waals surface area contributed by atoms with Gasteiger partial charge in [0.05, 0.1) is 0 Å². The van der Waals surface area contributed by atoms with E-state index in [2.05, 4.69) is 20.8 Å². The van der Waals surface area contributed by atoms with Gasteiger partial charge in [0, 0.05) is 35.9 Å². The minimum Gasteiger partial charge on any atom is -0.446 e. The highest BCUT2D eigenvalue weighted by Gasteiger charge is 2.34. The number of nitrogens with one attached hydrogen (secondary N) is 3. The molecule has 1 saturated heterocycles. The van der Waals surface area contributed by atoms with Gasteiger partial charge in [-0.2, -0.15) is 5.10 Å². The molecule has 4 rings (SSSR count). The molecule has 3 N–H and O–H groups in total. The fourth-order valence-electron chi connectivity index (χ4n) is 3.53. The Kier molecular flexibility index (Phi) is 6.01. The van der Waals surface area contributed by atoms with Crippen molar-refractivity contribution < 1.29 is 19.1 Å². The van der Waals surface area contributed by atoms with Crippen molar-refractivity contribution >= 4 is 29.4 Å². The molecule has 2 fully saturated rings. The fourth-order valence-corrected chi connectivity index (χ4v) is 3.74. The third kappa shape index (κ3) is 5.07. The van der Waals surface area contributed by atoms with Gasteiger partial charge >= 0.3 is 6.09 Å². The molecule has 1 aromatic carbocycles. The number of benzene rings is 1. The summed E-state index contributed by atoms with van der Waals surface area (Å²) in [5.74, 6) is 0.553. The molecule has 0 spiro atoms. The first kappa shape index (κ1) is 19.7. The van der Waals surface area contributed by atoms with Crippen LogP contribution in [0.15, 0.2) is 30.3 Å². The van der Waals surface area contributed by atoms with Crippen LogP contribution < -0.4 is 10.6 Å². The summed E-state index contributed by atoms with van der Waals surface area (Å²) in [7, 11) is 0. The number of hydrogen-bond donors (Lipinski definition) is 3. The van der Waals surface area contributed by atoms with Crippen molar-refractivity contribution in [1.82, 2.24) is 15.5 Å². The number of alkyl carbamates (subject to hydrolysis) is 1. The van der Waals surface area contributed by atoms with Gasteiger partial charge in [0.1, 0.15) is 12.2 Å². The number of aromatic amines is 1. The van der Waals surface area contributed by atoms with Gasteiger partial charge in [-0.25, -0.2) is 4.79 Å². The standard InChI is InChI=1S/C20H23ClN4O4/c21-14-4-1-3-12(7-14)11-22-20(27)29-15-8-13(9-15)16-10-18(25-24-16)23-19(26)17-5-2-6-28-17/h1,3-4,7,10,13,15,17H,2,5-6,8-9,11H2,(H,22,27)(H2,23,24,25,26). The average molecular weight is 419 g/mol. The first-order valence-corrected chi connectivity index (χ1v) is 10.1. The van der Waals surface area contributed by atoms with Crippen LogP contribution in [0.1, 0.15) is 42.9 Å². The smallest absolute Gasteiger partial charge is 0.407 e. The van der Waals surface area contributed by atoms with E-state index >= 15 is 0 Å². The molecule has 1 saturated carbocycles. The number of ether oxygens (including phenoxy) is 2. The number of hydrogen-bond acceptors (Lipinski definition) is 5. The van der Waals surface area contributed by atoms with Crippen LogP contribution in [0.5, 0.6) is 0 Å². The molecule has 8 nitrogen and oxygen atoms in total. The van der Waals surface area contributed by atoms with Gasteiger partial charge in [-0.05, 0) is 43.4 Å². The van der Waals surface area contributed by atoms with Gasteiger partial charge < -0.3 is 20.1 Å². The van der Waals surface area contributed by atoms with Crippen molar-refractivity contribution in [2.75, 3.05) is 11.9 Å². The predicted octanol–water partition coefficient (Wildman–Crippen LogP) is 3.35. The lowest BCUT2D eigenvalue weighted by molar-refractivity contribution is -0.124. The van der Waals surface area contributed by atoms with Crippen LogP contribution in [0.3, 0.4) is 0 Å². The second-order valence-corrected chi connectivity index (χ2v) is 7.81.